The molecule has 1 amide bonds. The van der Waals surface area contributed by atoms with E-state index in [9.17, 15) is 4.79 Å². The minimum atomic E-state index is -0.652. The minimum absolute atomic E-state index is 0.0162. The molecule has 1 heterocycles. The van der Waals surface area contributed by atoms with Crippen molar-refractivity contribution in [3.8, 4) is 11.5 Å². The number of rotatable bonds is 1. The maximum atomic E-state index is 12.3. The number of ether oxygens (including phenoxy) is 2. The number of carbonyl (C=O) groups excluding carboxylic acids is 1. The molecule has 1 aliphatic heterocycles. The van der Waals surface area contributed by atoms with E-state index >= 15 is 0 Å². The van der Waals surface area contributed by atoms with E-state index in [-0.39, 0.29) is 5.91 Å². The Morgan fingerprint density at radius 3 is 2.72 bits per heavy atom. The summed E-state index contributed by atoms with van der Waals surface area (Å²) in [7, 11) is 3.32. The Hall–Kier alpha value is -1.42. The molecule has 1 fully saturated rings. The first-order valence-corrected chi connectivity index (χ1v) is 6.30. The van der Waals surface area contributed by atoms with E-state index in [2.05, 4.69) is 0 Å². The van der Waals surface area contributed by atoms with Crippen LogP contribution in [-0.4, -0.2) is 25.7 Å². The van der Waals surface area contributed by atoms with Crippen LogP contribution in [0.15, 0.2) is 12.1 Å². The number of hydrogen-bond donors (Lipinski definition) is 0. The molecule has 0 radical (unpaired) electrons. The topological polar surface area (TPSA) is 38.8 Å². The van der Waals surface area contributed by atoms with Gasteiger partial charge in [0.1, 0.15) is 11.5 Å². The van der Waals surface area contributed by atoms with Crippen molar-refractivity contribution in [1.82, 2.24) is 0 Å². The predicted molar refractivity (Wildman–Crippen MR) is 68.6 cm³/mol. The van der Waals surface area contributed by atoms with Gasteiger partial charge < -0.3 is 14.4 Å². The lowest BCUT2D eigenvalue weighted by molar-refractivity contribution is -0.142. The van der Waals surface area contributed by atoms with Crippen LogP contribution >= 0.6 is 11.6 Å². The first kappa shape index (κ1) is 11.7. The third kappa shape index (κ3) is 1.42. The van der Waals surface area contributed by atoms with Crippen molar-refractivity contribution in [1.29, 1.82) is 0 Å². The zero-order chi connectivity index (χ0) is 12.9. The average Bonchev–Trinajstić information content (AvgIpc) is 2.32. The Labute approximate surface area is 110 Å². The smallest absolute Gasteiger partial charge is 0.271 e. The molecule has 0 N–H and O–H groups in total. The van der Waals surface area contributed by atoms with Gasteiger partial charge in [-0.1, -0.05) is 11.6 Å². The molecule has 0 atom stereocenters. The molecular weight excluding hydrogens is 254 g/mol. The summed E-state index contributed by atoms with van der Waals surface area (Å²) >= 11 is 6.07. The van der Waals surface area contributed by atoms with E-state index in [0.29, 0.717) is 22.2 Å². The maximum Gasteiger partial charge on any atom is 0.271 e. The number of likely N-dealkylation sites (N-methyl/N-ethyl adjacent to an activating group) is 1. The normalized spacial score (nSPS) is 20.2. The van der Waals surface area contributed by atoms with E-state index < -0.39 is 5.60 Å². The maximum absolute atomic E-state index is 12.3. The van der Waals surface area contributed by atoms with Crippen molar-refractivity contribution >= 4 is 23.2 Å². The lowest BCUT2D eigenvalue weighted by Gasteiger charge is -2.46. The first-order chi connectivity index (χ1) is 8.57. The van der Waals surface area contributed by atoms with E-state index in [4.69, 9.17) is 21.1 Å². The second-order valence-corrected chi connectivity index (χ2v) is 5.18. The molecule has 2 aliphatic rings. The van der Waals surface area contributed by atoms with Crippen LogP contribution < -0.4 is 14.4 Å². The van der Waals surface area contributed by atoms with E-state index in [0.717, 1.165) is 19.3 Å². The summed E-state index contributed by atoms with van der Waals surface area (Å²) in [6.45, 7) is 0. The monoisotopic (exact) mass is 267 g/mol. The summed E-state index contributed by atoms with van der Waals surface area (Å²) in [6, 6.07) is 3.46. The van der Waals surface area contributed by atoms with Crippen LogP contribution in [0.1, 0.15) is 19.3 Å². The lowest BCUT2D eigenvalue weighted by Crippen LogP contribution is -2.59. The molecule has 0 saturated heterocycles. The molecule has 0 unspecified atom stereocenters. The van der Waals surface area contributed by atoms with Crippen molar-refractivity contribution in [2.45, 2.75) is 24.9 Å². The van der Waals surface area contributed by atoms with Gasteiger partial charge in [-0.05, 0) is 25.3 Å². The van der Waals surface area contributed by atoms with Gasteiger partial charge in [-0.15, -0.1) is 0 Å². The van der Waals surface area contributed by atoms with Crippen molar-refractivity contribution in [2.24, 2.45) is 0 Å². The third-order valence-corrected chi connectivity index (χ3v) is 4.05. The van der Waals surface area contributed by atoms with Gasteiger partial charge in [-0.25, -0.2) is 0 Å². The van der Waals surface area contributed by atoms with Crippen LogP contribution in [0.25, 0.3) is 0 Å². The molecule has 1 spiro atoms. The number of carbonyl (C=O) groups is 1. The Balaban J connectivity index is 2.10. The van der Waals surface area contributed by atoms with Gasteiger partial charge in [0.25, 0.3) is 5.91 Å². The molecule has 0 bridgehead atoms. The van der Waals surface area contributed by atoms with Gasteiger partial charge in [0.05, 0.1) is 17.8 Å². The molecule has 18 heavy (non-hydrogen) atoms. The van der Waals surface area contributed by atoms with Crippen LogP contribution in [0.5, 0.6) is 11.5 Å². The second kappa shape index (κ2) is 3.79. The van der Waals surface area contributed by atoms with Gasteiger partial charge >= 0.3 is 0 Å². The summed E-state index contributed by atoms with van der Waals surface area (Å²) < 4.78 is 11.1. The molecular formula is C13H14ClNO3. The van der Waals surface area contributed by atoms with Gasteiger partial charge in [0, 0.05) is 13.1 Å². The van der Waals surface area contributed by atoms with Gasteiger partial charge in [-0.3, -0.25) is 4.79 Å². The fraction of sp³-hybridized carbons (Fsp3) is 0.462. The van der Waals surface area contributed by atoms with E-state index in [1.54, 1.807) is 31.2 Å². The number of anilines is 1. The van der Waals surface area contributed by atoms with E-state index in [1.165, 1.54) is 0 Å². The van der Waals surface area contributed by atoms with Crippen LogP contribution in [0.2, 0.25) is 5.02 Å². The number of fused-ring (bicyclic) bond motifs is 1. The van der Waals surface area contributed by atoms with Crippen LogP contribution in [0.4, 0.5) is 5.69 Å². The molecule has 1 saturated carbocycles. The Morgan fingerprint density at radius 2 is 2.17 bits per heavy atom. The van der Waals surface area contributed by atoms with Crippen molar-refractivity contribution in [3.05, 3.63) is 17.2 Å². The highest BCUT2D eigenvalue weighted by Gasteiger charge is 2.51. The SMILES string of the molecule is COc1cc2c(cc1Cl)N(C)C(=O)C1(CCC1)O2. The molecule has 1 aromatic rings. The minimum Gasteiger partial charge on any atom is -0.495 e. The number of amides is 1. The molecule has 4 nitrogen and oxygen atoms in total. The largest absolute Gasteiger partial charge is 0.495 e. The van der Waals surface area contributed by atoms with E-state index in [1.807, 2.05) is 0 Å². The van der Waals surface area contributed by atoms with Crippen molar-refractivity contribution in [3.63, 3.8) is 0 Å². The highest BCUT2D eigenvalue weighted by molar-refractivity contribution is 6.32. The van der Waals surface area contributed by atoms with Gasteiger partial charge in [0.2, 0.25) is 0 Å². The summed E-state index contributed by atoms with van der Waals surface area (Å²) in [4.78, 5) is 13.9. The number of benzene rings is 1. The zero-order valence-corrected chi connectivity index (χ0v) is 11.1. The first-order valence-electron chi connectivity index (χ1n) is 5.92. The lowest BCUT2D eigenvalue weighted by atomic mass is 9.78. The number of methoxy groups -OCH3 is 1. The Morgan fingerprint density at radius 1 is 1.44 bits per heavy atom. The molecule has 3 rings (SSSR count). The predicted octanol–water partition coefficient (Wildman–Crippen LogP) is 2.63. The Bertz CT molecular complexity index is 525. The quantitative estimate of drug-likeness (QED) is 0.785. The summed E-state index contributed by atoms with van der Waals surface area (Å²) in [5.74, 6) is 1.24. The summed E-state index contributed by atoms with van der Waals surface area (Å²) in [6.07, 6.45) is 2.58. The fourth-order valence-corrected chi connectivity index (χ4v) is 2.74. The highest BCUT2D eigenvalue weighted by Crippen LogP contribution is 2.48. The number of hydrogen-bond acceptors (Lipinski definition) is 3. The van der Waals surface area contributed by atoms with Crippen molar-refractivity contribution in [2.75, 3.05) is 19.1 Å². The number of halogens is 1. The third-order valence-electron chi connectivity index (χ3n) is 3.76. The summed E-state index contributed by atoms with van der Waals surface area (Å²) in [5.41, 5.74) is 0.0453. The van der Waals surface area contributed by atoms with Crippen molar-refractivity contribution < 1.29 is 14.3 Å². The molecule has 0 aromatic heterocycles. The standard InChI is InChI=1S/C13H14ClNO3/c1-15-9-6-8(14)10(17-2)7-11(9)18-13(12(15)16)4-3-5-13/h6-7H,3-5H2,1-2H3. The fourth-order valence-electron chi connectivity index (χ4n) is 2.51. The Kier molecular flexibility index (Phi) is 2.45. The van der Waals surface area contributed by atoms with Gasteiger partial charge in [0.15, 0.2) is 5.60 Å². The number of nitrogens with zero attached hydrogens (tertiary/aromatic N) is 1. The molecule has 1 aliphatic carbocycles. The zero-order valence-electron chi connectivity index (χ0n) is 10.3. The van der Waals surface area contributed by atoms with Crippen LogP contribution in [0, 0.1) is 0 Å². The average molecular weight is 268 g/mol. The molecule has 5 heteroatoms. The highest BCUT2D eigenvalue weighted by atomic mass is 35.5. The molecule has 1 aromatic carbocycles. The van der Waals surface area contributed by atoms with Gasteiger partial charge in [-0.2, -0.15) is 0 Å². The summed E-state index contributed by atoms with van der Waals surface area (Å²) in [5, 5.41) is 0.476. The van der Waals surface area contributed by atoms with Crippen LogP contribution in [-0.2, 0) is 4.79 Å². The second-order valence-electron chi connectivity index (χ2n) is 4.77. The molecule has 96 valence electrons. The van der Waals surface area contributed by atoms with Crippen LogP contribution in [0.3, 0.4) is 0 Å².